The smallest absolute Gasteiger partial charge is 0.253 e. The van der Waals surface area contributed by atoms with Crippen LogP contribution in [0, 0.1) is 6.92 Å². The van der Waals surface area contributed by atoms with Crippen molar-refractivity contribution in [3.05, 3.63) is 70.8 Å². The van der Waals surface area contributed by atoms with Crippen molar-refractivity contribution in [1.29, 1.82) is 0 Å². The van der Waals surface area contributed by atoms with Crippen LogP contribution in [0.25, 0.3) is 0 Å². The van der Waals surface area contributed by atoms with Crippen LogP contribution < -0.4 is 0 Å². The summed E-state index contributed by atoms with van der Waals surface area (Å²) in [6.07, 6.45) is 0. The predicted octanol–water partition coefficient (Wildman–Crippen LogP) is 4.25. The zero-order chi connectivity index (χ0) is 18.7. The highest BCUT2D eigenvalue weighted by Crippen LogP contribution is 2.23. The molecule has 0 saturated carbocycles. The summed E-state index contributed by atoms with van der Waals surface area (Å²) in [5.41, 5.74) is 4.89. The molecule has 1 heterocycles. The lowest BCUT2D eigenvalue weighted by atomic mass is 9.86. The van der Waals surface area contributed by atoms with Crippen molar-refractivity contribution in [1.82, 2.24) is 9.80 Å². The van der Waals surface area contributed by atoms with Gasteiger partial charge in [0.25, 0.3) is 5.91 Å². The van der Waals surface area contributed by atoms with Crippen LogP contribution in [-0.2, 0) is 12.0 Å². The van der Waals surface area contributed by atoms with Crippen LogP contribution in [0.4, 0.5) is 0 Å². The van der Waals surface area contributed by atoms with Gasteiger partial charge in [0, 0.05) is 38.3 Å². The lowest BCUT2D eigenvalue weighted by Crippen LogP contribution is -2.48. The van der Waals surface area contributed by atoms with Crippen LogP contribution in [0.1, 0.15) is 47.8 Å². The van der Waals surface area contributed by atoms with Crippen molar-refractivity contribution in [2.24, 2.45) is 0 Å². The maximum Gasteiger partial charge on any atom is 0.253 e. The van der Waals surface area contributed by atoms with Crippen LogP contribution in [0.5, 0.6) is 0 Å². The van der Waals surface area contributed by atoms with Crippen molar-refractivity contribution in [2.75, 3.05) is 26.2 Å². The van der Waals surface area contributed by atoms with Crippen LogP contribution >= 0.6 is 0 Å². The third-order valence-electron chi connectivity index (χ3n) is 5.31. The van der Waals surface area contributed by atoms with Gasteiger partial charge < -0.3 is 4.90 Å². The first-order valence-corrected chi connectivity index (χ1v) is 9.51. The van der Waals surface area contributed by atoms with Crippen LogP contribution in [-0.4, -0.2) is 41.9 Å². The third kappa shape index (κ3) is 4.34. The molecule has 1 saturated heterocycles. The molecule has 3 rings (SSSR count). The summed E-state index contributed by atoms with van der Waals surface area (Å²) in [5.74, 6) is 0.154. The number of rotatable bonds is 3. The monoisotopic (exact) mass is 350 g/mol. The molecule has 0 N–H and O–H groups in total. The first-order chi connectivity index (χ1) is 12.3. The second-order valence-corrected chi connectivity index (χ2v) is 8.32. The number of amides is 1. The van der Waals surface area contributed by atoms with Gasteiger partial charge in [-0.25, -0.2) is 0 Å². The first-order valence-electron chi connectivity index (χ1n) is 9.51. The van der Waals surface area contributed by atoms with E-state index in [1.165, 1.54) is 16.7 Å². The van der Waals surface area contributed by atoms with Crippen molar-refractivity contribution in [3.63, 3.8) is 0 Å². The zero-order valence-electron chi connectivity index (χ0n) is 16.5. The van der Waals surface area contributed by atoms with Gasteiger partial charge in [-0.05, 0) is 41.2 Å². The van der Waals surface area contributed by atoms with Gasteiger partial charge in [-0.15, -0.1) is 0 Å². The highest BCUT2D eigenvalue weighted by Gasteiger charge is 2.23. The summed E-state index contributed by atoms with van der Waals surface area (Å²) < 4.78 is 0. The van der Waals surface area contributed by atoms with Gasteiger partial charge in [0.1, 0.15) is 0 Å². The Kier molecular flexibility index (Phi) is 5.47. The van der Waals surface area contributed by atoms with E-state index in [4.69, 9.17) is 0 Å². The average Bonchev–Trinajstić information content (AvgIpc) is 2.63. The molecule has 0 aliphatic carbocycles. The molecule has 26 heavy (non-hydrogen) atoms. The summed E-state index contributed by atoms with van der Waals surface area (Å²) in [4.78, 5) is 17.2. The largest absolute Gasteiger partial charge is 0.336 e. The number of carbonyl (C=O) groups is 1. The normalized spacial score (nSPS) is 15.9. The summed E-state index contributed by atoms with van der Waals surface area (Å²) in [6, 6.07) is 16.7. The Labute approximate surface area is 157 Å². The molecule has 1 aliphatic heterocycles. The van der Waals surface area contributed by atoms with E-state index in [1.54, 1.807) is 0 Å². The van der Waals surface area contributed by atoms with Gasteiger partial charge in [0.05, 0.1) is 0 Å². The van der Waals surface area contributed by atoms with E-state index < -0.39 is 0 Å². The van der Waals surface area contributed by atoms with Gasteiger partial charge in [0.2, 0.25) is 0 Å². The third-order valence-corrected chi connectivity index (χ3v) is 5.31. The Hall–Kier alpha value is -2.13. The molecule has 3 nitrogen and oxygen atoms in total. The molecule has 0 atom stereocenters. The molecule has 0 bridgehead atoms. The maximum absolute atomic E-state index is 12.8. The Morgan fingerprint density at radius 1 is 0.923 bits per heavy atom. The van der Waals surface area contributed by atoms with E-state index in [2.05, 4.69) is 69.0 Å². The fourth-order valence-electron chi connectivity index (χ4n) is 3.43. The number of hydrogen-bond acceptors (Lipinski definition) is 2. The highest BCUT2D eigenvalue weighted by molar-refractivity contribution is 5.94. The maximum atomic E-state index is 12.8. The zero-order valence-corrected chi connectivity index (χ0v) is 16.5. The molecule has 138 valence electrons. The van der Waals surface area contributed by atoms with Gasteiger partial charge in [0.15, 0.2) is 0 Å². The number of benzene rings is 2. The van der Waals surface area contributed by atoms with Gasteiger partial charge in [-0.3, -0.25) is 9.69 Å². The number of hydrogen-bond donors (Lipinski definition) is 0. The molecule has 2 aromatic carbocycles. The van der Waals surface area contributed by atoms with E-state index in [1.807, 2.05) is 17.0 Å². The summed E-state index contributed by atoms with van der Waals surface area (Å²) in [6.45, 7) is 13.2. The second-order valence-electron chi connectivity index (χ2n) is 8.32. The van der Waals surface area contributed by atoms with Crippen molar-refractivity contribution >= 4 is 5.91 Å². The minimum absolute atomic E-state index is 0.114. The second kappa shape index (κ2) is 7.63. The fourth-order valence-corrected chi connectivity index (χ4v) is 3.43. The number of piperazine rings is 1. The topological polar surface area (TPSA) is 23.6 Å². The standard InChI is InChI=1S/C23H30N2O/c1-18-7-5-6-8-20(18)17-24-13-15-25(16-14-24)22(26)19-9-11-21(12-10-19)23(2,3)4/h5-12H,13-17H2,1-4H3. The molecule has 0 unspecified atom stereocenters. The van der Waals surface area contributed by atoms with Gasteiger partial charge in [-0.2, -0.15) is 0 Å². The Morgan fingerprint density at radius 2 is 1.54 bits per heavy atom. The Morgan fingerprint density at radius 3 is 2.12 bits per heavy atom. The summed E-state index contributed by atoms with van der Waals surface area (Å²) >= 11 is 0. The van der Waals surface area contributed by atoms with E-state index in [9.17, 15) is 4.79 Å². The SMILES string of the molecule is Cc1ccccc1CN1CCN(C(=O)c2ccc(C(C)(C)C)cc2)CC1. The lowest BCUT2D eigenvalue weighted by Gasteiger charge is -2.35. The van der Waals surface area contributed by atoms with E-state index in [-0.39, 0.29) is 11.3 Å². The molecule has 1 amide bonds. The van der Waals surface area contributed by atoms with E-state index >= 15 is 0 Å². The molecule has 0 aromatic heterocycles. The van der Waals surface area contributed by atoms with Crippen LogP contribution in [0.15, 0.2) is 48.5 Å². The quantitative estimate of drug-likeness (QED) is 0.826. The number of aryl methyl sites for hydroxylation is 1. The minimum atomic E-state index is 0.114. The molecule has 1 fully saturated rings. The number of carbonyl (C=O) groups excluding carboxylic acids is 1. The van der Waals surface area contributed by atoms with Gasteiger partial charge in [-0.1, -0.05) is 57.2 Å². The highest BCUT2D eigenvalue weighted by atomic mass is 16.2. The summed E-state index contributed by atoms with van der Waals surface area (Å²) in [5, 5.41) is 0. The number of nitrogens with zero attached hydrogens (tertiary/aromatic N) is 2. The molecule has 2 aromatic rings. The molecule has 0 spiro atoms. The van der Waals surface area contributed by atoms with Gasteiger partial charge >= 0.3 is 0 Å². The lowest BCUT2D eigenvalue weighted by molar-refractivity contribution is 0.0628. The fraction of sp³-hybridized carbons (Fsp3) is 0.435. The van der Waals surface area contributed by atoms with Crippen molar-refractivity contribution < 1.29 is 4.79 Å². The van der Waals surface area contributed by atoms with Crippen molar-refractivity contribution in [2.45, 2.75) is 39.7 Å². The Balaban J connectivity index is 1.57. The van der Waals surface area contributed by atoms with Crippen molar-refractivity contribution in [3.8, 4) is 0 Å². The first kappa shape index (κ1) is 18.7. The van der Waals surface area contributed by atoms with E-state index in [0.717, 1.165) is 38.3 Å². The average molecular weight is 351 g/mol. The molecular formula is C23H30N2O. The minimum Gasteiger partial charge on any atom is -0.336 e. The summed E-state index contributed by atoms with van der Waals surface area (Å²) in [7, 11) is 0. The molecule has 3 heteroatoms. The van der Waals surface area contributed by atoms with Crippen LogP contribution in [0.2, 0.25) is 0 Å². The van der Waals surface area contributed by atoms with E-state index in [0.29, 0.717) is 0 Å². The molecule has 1 aliphatic rings. The Bertz CT molecular complexity index is 751. The molecule has 0 radical (unpaired) electrons. The van der Waals surface area contributed by atoms with Crippen LogP contribution in [0.3, 0.4) is 0 Å². The molecular weight excluding hydrogens is 320 g/mol. The predicted molar refractivity (Wildman–Crippen MR) is 108 cm³/mol.